The third-order valence-electron chi connectivity index (χ3n) is 3.24. The van der Waals surface area contributed by atoms with Crippen LogP contribution in [0.25, 0.3) is 0 Å². The molecule has 1 aromatic carbocycles. The Balaban J connectivity index is 2.45. The summed E-state index contributed by atoms with van der Waals surface area (Å²) in [5.74, 6) is 2.78. The molecular formula is C13H15N. The van der Waals surface area contributed by atoms with Gasteiger partial charge < -0.3 is 5.32 Å². The molecule has 72 valence electrons. The molecule has 1 aliphatic rings. The molecule has 0 fully saturated rings. The van der Waals surface area contributed by atoms with Gasteiger partial charge in [0.2, 0.25) is 0 Å². The molecule has 0 spiro atoms. The number of hydrogen-bond donors (Lipinski definition) is 1. The highest BCUT2D eigenvalue weighted by atomic mass is 14.9. The first-order valence-corrected chi connectivity index (χ1v) is 5.03. The van der Waals surface area contributed by atoms with Crippen LogP contribution in [-0.4, -0.2) is 7.05 Å². The maximum atomic E-state index is 5.44. The Morgan fingerprint density at radius 1 is 1.50 bits per heavy atom. The number of nitrogens with one attached hydrogen (secondary N) is 1. The van der Waals surface area contributed by atoms with Gasteiger partial charge in [0, 0.05) is 6.42 Å². The topological polar surface area (TPSA) is 12.0 Å². The van der Waals surface area contributed by atoms with Gasteiger partial charge in [-0.3, -0.25) is 0 Å². The normalized spacial score (nSPS) is 24.3. The second-order valence-electron chi connectivity index (χ2n) is 3.87. The predicted octanol–water partition coefficient (Wildman–Crippen LogP) is 2.07. The molecule has 2 rings (SSSR count). The molecule has 1 atom stereocenters. The van der Waals surface area contributed by atoms with E-state index < -0.39 is 0 Å². The fourth-order valence-electron chi connectivity index (χ4n) is 2.39. The van der Waals surface area contributed by atoms with Crippen molar-refractivity contribution >= 4 is 0 Å². The summed E-state index contributed by atoms with van der Waals surface area (Å²) in [5, 5.41) is 3.39. The van der Waals surface area contributed by atoms with E-state index in [1.165, 1.54) is 11.1 Å². The van der Waals surface area contributed by atoms with Crippen LogP contribution < -0.4 is 5.32 Å². The fourth-order valence-corrected chi connectivity index (χ4v) is 2.39. The molecule has 0 aromatic heterocycles. The van der Waals surface area contributed by atoms with E-state index in [0.717, 1.165) is 19.3 Å². The summed E-state index contributed by atoms with van der Waals surface area (Å²) in [5.41, 5.74) is 2.86. The molecule has 0 saturated heterocycles. The van der Waals surface area contributed by atoms with Crippen LogP contribution in [0.3, 0.4) is 0 Å². The van der Waals surface area contributed by atoms with Crippen molar-refractivity contribution in [1.29, 1.82) is 0 Å². The lowest BCUT2D eigenvalue weighted by Gasteiger charge is -2.27. The summed E-state index contributed by atoms with van der Waals surface area (Å²) in [6.45, 7) is 0. The molecule has 0 amide bonds. The standard InChI is InChI=1S/C13H15N/c1-3-9-13(14-2)10-8-11-6-4-5-7-12(11)13/h1,4-7,14H,8-10H2,2H3/t13-/m0/s1. The van der Waals surface area contributed by atoms with Gasteiger partial charge in [0.1, 0.15) is 0 Å². The van der Waals surface area contributed by atoms with E-state index in [4.69, 9.17) is 6.42 Å². The Labute approximate surface area is 85.5 Å². The minimum absolute atomic E-state index is 0.0331. The summed E-state index contributed by atoms with van der Waals surface area (Å²) in [7, 11) is 2.00. The van der Waals surface area contributed by atoms with Crippen molar-refractivity contribution in [2.45, 2.75) is 24.8 Å². The third kappa shape index (κ3) is 1.23. The van der Waals surface area contributed by atoms with Crippen LogP contribution in [0.1, 0.15) is 24.0 Å². The molecule has 1 N–H and O–H groups in total. The van der Waals surface area contributed by atoms with Crippen molar-refractivity contribution in [2.75, 3.05) is 7.05 Å². The summed E-state index contributed by atoms with van der Waals surface area (Å²) in [6.07, 6.45) is 8.47. The Morgan fingerprint density at radius 3 is 3.00 bits per heavy atom. The number of hydrogen-bond acceptors (Lipinski definition) is 1. The first-order chi connectivity index (χ1) is 6.82. The van der Waals surface area contributed by atoms with Gasteiger partial charge in [-0.05, 0) is 31.0 Å². The van der Waals surface area contributed by atoms with Crippen LogP contribution in [0.5, 0.6) is 0 Å². The zero-order valence-corrected chi connectivity index (χ0v) is 8.51. The first kappa shape index (κ1) is 9.30. The third-order valence-corrected chi connectivity index (χ3v) is 3.24. The van der Waals surface area contributed by atoms with Crippen LogP contribution in [-0.2, 0) is 12.0 Å². The van der Waals surface area contributed by atoms with Crippen LogP contribution in [0.2, 0.25) is 0 Å². The Morgan fingerprint density at radius 2 is 2.29 bits per heavy atom. The van der Waals surface area contributed by atoms with Gasteiger partial charge in [-0.15, -0.1) is 12.3 Å². The smallest absolute Gasteiger partial charge is 0.0548 e. The van der Waals surface area contributed by atoms with Gasteiger partial charge in [0.25, 0.3) is 0 Å². The Hall–Kier alpha value is -1.26. The molecule has 0 radical (unpaired) electrons. The Kier molecular flexibility index (Phi) is 2.31. The largest absolute Gasteiger partial charge is 0.310 e. The van der Waals surface area contributed by atoms with Crippen LogP contribution in [0, 0.1) is 12.3 Å². The number of aryl methyl sites for hydroxylation is 1. The molecular weight excluding hydrogens is 170 g/mol. The zero-order valence-electron chi connectivity index (χ0n) is 8.51. The van der Waals surface area contributed by atoms with Crippen LogP contribution in [0.4, 0.5) is 0 Å². The van der Waals surface area contributed by atoms with Crippen molar-refractivity contribution < 1.29 is 0 Å². The molecule has 1 aliphatic carbocycles. The van der Waals surface area contributed by atoms with E-state index in [1.54, 1.807) is 0 Å². The average molecular weight is 185 g/mol. The van der Waals surface area contributed by atoms with E-state index in [2.05, 4.69) is 35.5 Å². The highest BCUT2D eigenvalue weighted by molar-refractivity contribution is 5.39. The highest BCUT2D eigenvalue weighted by Gasteiger charge is 2.35. The summed E-state index contributed by atoms with van der Waals surface area (Å²) < 4.78 is 0. The molecule has 0 bridgehead atoms. The molecule has 0 heterocycles. The summed E-state index contributed by atoms with van der Waals surface area (Å²) in [4.78, 5) is 0. The van der Waals surface area contributed by atoms with Gasteiger partial charge in [-0.2, -0.15) is 0 Å². The lowest BCUT2D eigenvalue weighted by Crippen LogP contribution is -2.37. The van der Waals surface area contributed by atoms with Crippen LogP contribution >= 0.6 is 0 Å². The number of fused-ring (bicyclic) bond motifs is 1. The maximum absolute atomic E-state index is 5.44. The van der Waals surface area contributed by atoms with Crippen molar-refractivity contribution in [3.63, 3.8) is 0 Å². The second kappa shape index (κ2) is 3.48. The fraction of sp³-hybridized carbons (Fsp3) is 0.385. The lowest BCUT2D eigenvalue weighted by atomic mass is 9.89. The van der Waals surface area contributed by atoms with Gasteiger partial charge in [-0.1, -0.05) is 24.3 Å². The van der Waals surface area contributed by atoms with Gasteiger partial charge in [0.15, 0.2) is 0 Å². The highest BCUT2D eigenvalue weighted by Crippen LogP contribution is 2.38. The Bertz CT molecular complexity index is 375. The number of terminal acetylenes is 1. The SMILES string of the molecule is C#CC[C@]1(NC)CCc2ccccc21. The van der Waals surface area contributed by atoms with Crippen molar-refractivity contribution in [2.24, 2.45) is 0 Å². The monoisotopic (exact) mass is 185 g/mol. The van der Waals surface area contributed by atoms with Crippen LogP contribution in [0.15, 0.2) is 24.3 Å². The molecule has 0 aliphatic heterocycles. The van der Waals surface area contributed by atoms with Crippen molar-refractivity contribution in [3.05, 3.63) is 35.4 Å². The molecule has 0 saturated carbocycles. The van der Waals surface area contributed by atoms with E-state index in [1.807, 2.05) is 7.05 Å². The molecule has 1 aromatic rings. The minimum atomic E-state index is 0.0331. The lowest BCUT2D eigenvalue weighted by molar-refractivity contribution is 0.368. The van der Waals surface area contributed by atoms with Gasteiger partial charge in [-0.25, -0.2) is 0 Å². The van der Waals surface area contributed by atoms with Crippen molar-refractivity contribution in [1.82, 2.24) is 5.32 Å². The van der Waals surface area contributed by atoms with Gasteiger partial charge in [0.05, 0.1) is 5.54 Å². The molecule has 1 heteroatoms. The van der Waals surface area contributed by atoms with Crippen molar-refractivity contribution in [3.8, 4) is 12.3 Å². The summed E-state index contributed by atoms with van der Waals surface area (Å²) >= 11 is 0. The van der Waals surface area contributed by atoms with E-state index in [9.17, 15) is 0 Å². The molecule has 1 nitrogen and oxygen atoms in total. The maximum Gasteiger partial charge on any atom is 0.0548 e. The second-order valence-corrected chi connectivity index (χ2v) is 3.87. The summed E-state index contributed by atoms with van der Waals surface area (Å²) in [6, 6.07) is 8.58. The van der Waals surface area contributed by atoms with E-state index >= 15 is 0 Å². The van der Waals surface area contributed by atoms with Gasteiger partial charge >= 0.3 is 0 Å². The molecule has 0 unspecified atom stereocenters. The first-order valence-electron chi connectivity index (χ1n) is 5.03. The number of benzene rings is 1. The minimum Gasteiger partial charge on any atom is -0.310 e. The van der Waals surface area contributed by atoms with E-state index in [-0.39, 0.29) is 5.54 Å². The molecule has 14 heavy (non-hydrogen) atoms. The number of rotatable bonds is 2. The predicted molar refractivity (Wildman–Crippen MR) is 59.0 cm³/mol. The quantitative estimate of drug-likeness (QED) is 0.695. The average Bonchev–Trinajstić information content (AvgIpc) is 2.59. The van der Waals surface area contributed by atoms with E-state index in [0.29, 0.717) is 0 Å². The zero-order chi connectivity index (χ0) is 10.0.